The molecule has 9 heteroatoms. The Labute approximate surface area is 140 Å². The van der Waals surface area contributed by atoms with Crippen LogP contribution in [0.15, 0.2) is 51.9 Å². The number of rotatable bonds is 3. The SMILES string of the molecule is NC1=NN=N[N@+]1(Cc1cc(F)ccc1F)c1cccc(Cl)c1Cl. The van der Waals surface area contributed by atoms with Crippen LogP contribution in [0.3, 0.4) is 0 Å². The Balaban J connectivity index is 2.16. The van der Waals surface area contributed by atoms with Gasteiger partial charge in [-0.15, -0.1) is 0 Å². The van der Waals surface area contributed by atoms with E-state index in [1.807, 2.05) is 0 Å². The van der Waals surface area contributed by atoms with E-state index < -0.39 is 16.2 Å². The molecule has 1 aliphatic rings. The number of hydrogen-bond donors (Lipinski definition) is 1. The summed E-state index contributed by atoms with van der Waals surface area (Å²) in [5.74, 6) is -1.21. The van der Waals surface area contributed by atoms with E-state index in [-0.39, 0.29) is 28.1 Å². The van der Waals surface area contributed by atoms with Gasteiger partial charge in [0.2, 0.25) is 0 Å². The predicted molar refractivity (Wildman–Crippen MR) is 84.8 cm³/mol. The smallest absolute Gasteiger partial charge is 0.334 e. The van der Waals surface area contributed by atoms with Gasteiger partial charge in [-0.3, -0.25) is 0 Å². The normalized spacial score (nSPS) is 19.9. The molecule has 0 aliphatic carbocycles. The molecule has 2 aromatic rings. The summed E-state index contributed by atoms with van der Waals surface area (Å²) in [5, 5.41) is 11.7. The summed E-state index contributed by atoms with van der Waals surface area (Å²) >= 11 is 12.3. The van der Waals surface area contributed by atoms with Crippen LogP contribution in [0.4, 0.5) is 14.5 Å². The lowest BCUT2D eigenvalue weighted by molar-refractivity contribution is 0.403. The molecule has 0 radical (unpaired) electrons. The van der Waals surface area contributed by atoms with Gasteiger partial charge in [0.1, 0.15) is 23.2 Å². The first-order valence-electron chi connectivity index (χ1n) is 6.47. The van der Waals surface area contributed by atoms with E-state index in [0.29, 0.717) is 5.69 Å². The molecule has 118 valence electrons. The third-order valence-corrected chi connectivity index (χ3v) is 4.26. The molecule has 0 unspecified atom stereocenters. The van der Waals surface area contributed by atoms with Gasteiger partial charge in [0.05, 0.1) is 10.2 Å². The Morgan fingerprint density at radius 3 is 2.61 bits per heavy atom. The zero-order chi connectivity index (χ0) is 16.6. The maximum Gasteiger partial charge on any atom is 0.354 e. The third-order valence-electron chi connectivity index (χ3n) is 3.46. The van der Waals surface area contributed by atoms with E-state index in [1.165, 1.54) is 0 Å². The van der Waals surface area contributed by atoms with Gasteiger partial charge in [-0.2, -0.15) is 0 Å². The van der Waals surface area contributed by atoms with Gasteiger partial charge in [-0.05, 0) is 29.4 Å². The molecule has 3 rings (SSSR count). The second kappa shape index (κ2) is 5.84. The van der Waals surface area contributed by atoms with Gasteiger partial charge in [0, 0.05) is 16.9 Å². The zero-order valence-electron chi connectivity index (χ0n) is 11.5. The van der Waals surface area contributed by atoms with E-state index in [1.54, 1.807) is 18.2 Å². The Morgan fingerprint density at radius 1 is 1.13 bits per heavy atom. The quantitative estimate of drug-likeness (QED) is 0.814. The highest BCUT2D eigenvalue weighted by Crippen LogP contribution is 2.40. The molecule has 2 N–H and O–H groups in total. The van der Waals surface area contributed by atoms with Crippen molar-refractivity contribution >= 4 is 34.8 Å². The lowest BCUT2D eigenvalue weighted by atomic mass is 10.1. The Morgan fingerprint density at radius 2 is 1.91 bits per heavy atom. The second-order valence-corrected chi connectivity index (χ2v) is 5.66. The maximum atomic E-state index is 14.0. The molecule has 0 amide bonds. The van der Waals surface area contributed by atoms with Gasteiger partial charge >= 0.3 is 5.96 Å². The number of guanidine groups is 1. The van der Waals surface area contributed by atoms with Crippen molar-refractivity contribution in [3.8, 4) is 0 Å². The Hall–Kier alpha value is -2.09. The summed E-state index contributed by atoms with van der Waals surface area (Å²) in [6.07, 6.45) is 0. The van der Waals surface area contributed by atoms with Gasteiger partial charge in [0.15, 0.2) is 5.69 Å². The summed E-state index contributed by atoms with van der Waals surface area (Å²) in [5.41, 5.74) is 6.34. The topological polar surface area (TPSA) is 63.1 Å². The zero-order valence-corrected chi connectivity index (χ0v) is 13.1. The van der Waals surface area contributed by atoms with E-state index in [4.69, 9.17) is 28.9 Å². The molecule has 2 aromatic carbocycles. The maximum absolute atomic E-state index is 14.0. The van der Waals surface area contributed by atoms with Crippen LogP contribution in [0.25, 0.3) is 0 Å². The predicted octanol–water partition coefficient (Wildman–Crippen LogP) is 4.39. The molecule has 1 aliphatic heterocycles. The number of benzene rings is 2. The largest absolute Gasteiger partial charge is 0.354 e. The number of hydrogen-bond acceptors (Lipinski definition) is 4. The van der Waals surface area contributed by atoms with Crippen LogP contribution in [-0.4, -0.2) is 5.96 Å². The van der Waals surface area contributed by atoms with Crippen LogP contribution in [0.2, 0.25) is 10.0 Å². The van der Waals surface area contributed by atoms with Crippen molar-refractivity contribution in [2.45, 2.75) is 6.54 Å². The van der Waals surface area contributed by atoms with Gasteiger partial charge < -0.3 is 5.73 Å². The summed E-state index contributed by atoms with van der Waals surface area (Å²) in [4.78, 5) is 0. The van der Waals surface area contributed by atoms with Crippen molar-refractivity contribution in [2.24, 2.45) is 21.3 Å². The average Bonchev–Trinajstić information content (AvgIpc) is 2.87. The van der Waals surface area contributed by atoms with Crippen molar-refractivity contribution in [3.63, 3.8) is 0 Å². The van der Waals surface area contributed by atoms with Crippen LogP contribution in [0.1, 0.15) is 5.56 Å². The number of nitrogens with zero attached hydrogens (tertiary/aromatic N) is 4. The minimum absolute atomic E-state index is 0.0298. The molecule has 1 heterocycles. The van der Waals surface area contributed by atoms with Crippen molar-refractivity contribution < 1.29 is 8.78 Å². The summed E-state index contributed by atoms with van der Waals surface area (Å²) in [7, 11) is 0. The standard InChI is InChI=1S/C14H10Cl2F2N5/c15-10-2-1-3-12(13(10)16)23(14(19)20-21-22-23)7-8-6-9(17)4-5-11(8)18/h1-6H,7H2,(H2,19,20,22)/q+1/t23-/m1/s1. The van der Waals surface area contributed by atoms with Crippen molar-refractivity contribution in [1.82, 2.24) is 4.59 Å². The first kappa shape index (κ1) is 15.8. The molecule has 5 nitrogen and oxygen atoms in total. The van der Waals surface area contributed by atoms with E-state index in [2.05, 4.69) is 15.5 Å². The fourth-order valence-electron chi connectivity index (χ4n) is 2.31. The van der Waals surface area contributed by atoms with Crippen molar-refractivity contribution in [3.05, 3.63) is 63.6 Å². The number of halogens is 4. The fourth-order valence-corrected chi connectivity index (χ4v) is 2.75. The summed E-state index contributed by atoms with van der Waals surface area (Å²) in [6.45, 7) is -0.150. The summed E-state index contributed by atoms with van der Waals surface area (Å²) < 4.78 is 27.0. The lowest BCUT2D eigenvalue weighted by Crippen LogP contribution is -2.51. The molecule has 0 spiro atoms. The van der Waals surface area contributed by atoms with E-state index in [0.717, 1.165) is 18.2 Å². The monoisotopic (exact) mass is 356 g/mol. The van der Waals surface area contributed by atoms with E-state index >= 15 is 0 Å². The minimum atomic E-state index is -0.600. The van der Waals surface area contributed by atoms with Crippen molar-refractivity contribution in [2.75, 3.05) is 0 Å². The molecular weight excluding hydrogens is 347 g/mol. The highest BCUT2D eigenvalue weighted by atomic mass is 35.5. The molecule has 0 bridgehead atoms. The fraction of sp³-hybridized carbons (Fsp3) is 0.0714. The average molecular weight is 357 g/mol. The third kappa shape index (κ3) is 2.67. The summed E-state index contributed by atoms with van der Waals surface area (Å²) in [6, 6.07) is 7.98. The Bertz CT molecular complexity index is 840. The van der Waals surface area contributed by atoms with Crippen LogP contribution >= 0.6 is 23.2 Å². The van der Waals surface area contributed by atoms with E-state index in [9.17, 15) is 8.78 Å². The minimum Gasteiger partial charge on any atom is -0.334 e. The molecule has 0 saturated heterocycles. The van der Waals surface area contributed by atoms with Crippen molar-refractivity contribution in [1.29, 1.82) is 0 Å². The second-order valence-electron chi connectivity index (χ2n) is 4.87. The highest BCUT2D eigenvalue weighted by molar-refractivity contribution is 6.43. The number of quaternary nitrogens is 1. The molecule has 23 heavy (non-hydrogen) atoms. The van der Waals surface area contributed by atoms with Crippen LogP contribution in [-0.2, 0) is 6.54 Å². The first-order valence-corrected chi connectivity index (χ1v) is 7.22. The van der Waals surface area contributed by atoms with Gasteiger partial charge in [0.25, 0.3) is 0 Å². The lowest BCUT2D eigenvalue weighted by Gasteiger charge is -2.25. The van der Waals surface area contributed by atoms with Crippen LogP contribution in [0.5, 0.6) is 0 Å². The molecule has 0 fully saturated rings. The van der Waals surface area contributed by atoms with Gasteiger partial charge in [-0.1, -0.05) is 33.9 Å². The Kier molecular flexibility index (Phi) is 4.01. The molecule has 0 saturated carbocycles. The first-order chi connectivity index (χ1) is 10.9. The van der Waals surface area contributed by atoms with Gasteiger partial charge in [-0.25, -0.2) is 8.78 Å². The van der Waals surface area contributed by atoms with Crippen LogP contribution in [0, 0.1) is 11.6 Å². The molecule has 0 aromatic heterocycles. The highest BCUT2D eigenvalue weighted by Gasteiger charge is 2.44. The number of nitrogens with two attached hydrogens (primary N) is 1. The molecule has 1 atom stereocenters. The van der Waals surface area contributed by atoms with Crippen LogP contribution < -0.4 is 10.3 Å². The molecular formula is C14H10Cl2F2N5+.